The van der Waals surface area contributed by atoms with Crippen LogP contribution in [-0.2, 0) is 29.0 Å². The van der Waals surface area contributed by atoms with Crippen molar-refractivity contribution in [3.05, 3.63) is 95.1 Å². The van der Waals surface area contributed by atoms with E-state index in [0.717, 1.165) is 22.3 Å². The van der Waals surface area contributed by atoms with Crippen LogP contribution in [0.3, 0.4) is 0 Å². The molecule has 1 N–H and O–H groups in total. The SMILES string of the molecule is CNC(=O)C(Cc1ccccc1)N(Cc1ccc(C)cc1)C(=O)CCc1ccc(OC)c(OC)c1. The maximum absolute atomic E-state index is 13.6. The summed E-state index contributed by atoms with van der Waals surface area (Å²) in [5, 5.41) is 2.75. The van der Waals surface area contributed by atoms with Crippen LogP contribution in [0.5, 0.6) is 11.5 Å². The van der Waals surface area contributed by atoms with Crippen LogP contribution in [0, 0.1) is 6.92 Å². The molecule has 3 rings (SSSR count). The average molecular weight is 475 g/mol. The van der Waals surface area contributed by atoms with Gasteiger partial charge in [-0.15, -0.1) is 0 Å². The van der Waals surface area contributed by atoms with Gasteiger partial charge in [-0.3, -0.25) is 9.59 Å². The summed E-state index contributed by atoms with van der Waals surface area (Å²) in [4.78, 5) is 28.3. The first-order chi connectivity index (χ1) is 16.9. The highest BCUT2D eigenvalue weighted by Gasteiger charge is 2.29. The van der Waals surface area contributed by atoms with Gasteiger partial charge in [-0.05, 0) is 42.2 Å². The quantitative estimate of drug-likeness (QED) is 0.449. The van der Waals surface area contributed by atoms with E-state index in [1.54, 1.807) is 26.2 Å². The smallest absolute Gasteiger partial charge is 0.242 e. The number of ether oxygens (including phenoxy) is 2. The van der Waals surface area contributed by atoms with E-state index in [1.165, 1.54) is 0 Å². The maximum Gasteiger partial charge on any atom is 0.242 e. The van der Waals surface area contributed by atoms with E-state index >= 15 is 0 Å². The molecule has 6 nitrogen and oxygen atoms in total. The van der Waals surface area contributed by atoms with Crippen molar-refractivity contribution in [3.63, 3.8) is 0 Å². The zero-order valence-corrected chi connectivity index (χ0v) is 20.9. The molecule has 0 aromatic heterocycles. The van der Waals surface area contributed by atoms with E-state index in [0.29, 0.717) is 30.9 Å². The lowest BCUT2D eigenvalue weighted by Gasteiger charge is -2.31. The van der Waals surface area contributed by atoms with Gasteiger partial charge in [0.05, 0.1) is 14.2 Å². The maximum atomic E-state index is 13.6. The summed E-state index contributed by atoms with van der Waals surface area (Å²) in [5.41, 5.74) is 4.10. The Hall–Kier alpha value is -3.80. The Labute approximate surface area is 207 Å². The summed E-state index contributed by atoms with van der Waals surface area (Å²) < 4.78 is 10.7. The van der Waals surface area contributed by atoms with E-state index in [9.17, 15) is 9.59 Å². The topological polar surface area (TPSA) is 67.9 Å². The largest absolute Gasteiger partial charge is 0.493 e. The van der Waals surface area contributed by atoms with Crippen LogP contribution >= 0.6 is 0 Å². The van der Waals surface area contributed by atoms with Gasteiger partial charge in [0, 0.05) is 26.4 Å². The second-order valence-electron chi connectivity index (χ2n) is 8.52. The van der Waals surface area contributed by atoms with Gasteiger partial charge in [0.15, 0.2) is 11.5 Å². The summed E-state index contributed by atoms with van der Waals surface area (Å²) in [7, 11) is 4.79. The standard InChI is InChI=1S/C29H34N2O4/c1-21-10-12-24(13-11-21)20-31(25(29(33)30-2)18-22-8-6-5-7-9-22)28(32)17-15-23-14-16-26(34-3)27(19-23)35-4/h5-14,16,19,25H,15,17-18,20H2,1-4H3,(H,30,33). The zero-order chi connectivity index (χ0) is 25.2. The molecule has 2 amide bonds. The van der Waals surface area contributed by atoms with Gasteiger partial charge < -0.3 is 19.7 Å². The number of nitrogens with one attached hydrogen (secondary N) is 1. The molecule has 184 valence electrons. The van der Waals surface area contributed by atoms with Gasteiger partial charge in [-0.1, -0.05) is 66.2 Å². The Balaban J connectivity index is 1.86. The summed E-state index contributed by atoms with van der Waals surface area (Å²) in [6, 6.07) is 22.9. The molecule has 6 heteroatoms. The number of carbonyl (C=O) groups excluding carboxylic acids is 2. The monoisotopic (exact) mass is 474 g/mol. The van der Waals surface area contributed by atoms with Gasteiger partial charge in [0.25, 0.3) is 0 Å². The number of amides is 2. The van der Waals surface area contributed by atoms with E-state index in [4.69, 9.17) is 9.47 Å². The van der Waals surface area contributed by atoms with Crippen LogP contribution in [0.25, 0.3) is 0 Å². The Morgan fingerprint density at radius 3 is 2.14 bits per heavy atom. The number of nitrogens with zero attached hydrogens (tertiary/aromatic N) is 1. The lowest BCUT2D eigenvalue weighted by Crippen LogP contribution is -2.49. The molecule has 0 radical (unpaired) electrons. The second kappa shape index (κ2) is 12.6. The van der Waals surface area contributed by atoms with Crippen LogP contribution in [0.4, 0.5) is 0 Å². The minimum Gasteiger partial charge on any atom is -0.493 e. The van der Waals surface area contributed by atoms with E-state index in [1.807, 2.05) is 79.7 Å². The summed E-state index contributed by atoms with van der Waals surface area (Å²) in [5.74, 6) is 1.01. The number of rotatable bonds is 11. The fourth-order valence-electron chi connectivity index (χ4n) is 4.04. The van der Waals surface area contributed by atoms with Gasteiger partial charge in [-0.25, -0.2) is 0 Å². The molecule has 1 unspecified atom stereocenters. The summed E-state index contributed by atoms with van der Waals surface area (Å²) >= 11 is 0. The third-order valence-corrected chi connectivity index (χ3v) is 6.07. The molecule has 3 aromatic carbocycles. The normalized spacial score (nSPS) is 11.4. The first-order valence-corrected chi connectivity index (χ1v) is 11.8. The average Bonchev–Trinajstić information content (AvgIpc) is 2.90. The molecule has 0 saturated heterocycles. The van der Waals surface area contributed by atoms with Crippen LogP contribution < -0.4 is 14.8 Å². The van der Waals surface area contributed by atoms with Crippen molar-refractivity contribution in [1.82, 2.24) is 10.2 Å². The molecule has 35 heavy (non-hydrogen) atoms. The molecule has 1 atom stereocenters. The van der Waals surface area contributed by atoms with Crippen molar-refractivity contribution in [1.29, 1.82) is 0 Å². The van der Waals surface area contributed by atoms with Gasteiger partial charge in [0.2, 0.25) is 11.8 Å². The van der Waals surface area contributed by atoms with Crippen molar-refractivity contribution in [2.45, 2.75) is 38.8 Å². The van der Waals surface area contributed by atoms with Gasteiger partial charge >= 0.3 is 0 Å². The molecule has 0 saturated carbocycles. The molecule has 0 bridgehead atoms. The molecule has 0 aliphatic carbocycles. The minimum atomic E-state index is -0.624. The number of carbonyl (C=O) groups is 2. The summed E-state index contributed by atoms with van der Waals surface area (Å²) in [6.07, 6.45) is 1.23. The number of methoxy groups -OCH3 is 2. The van der Waals surface area contributed by atoms with Crippen LogP contribution in [0.2, 0.25) is 0 Å². The third kappa shape index (κ3) is 7.09. The second-order valence-corrected chi connectivity index (χ2v) is 8.52. The van der Waals surface area contributed by atoms with Crippen molar-refractivity contribution in [3.8, 4) is 11.5 Å². The molecule has 0 aliphatic rings. The molecular formula is C29H34N2O4. The first-order valence-electron chi connectivity index (χ1n) is 11.8. The van der Waals surface area contributed by atoms with Crippen LogP contribution in [-0.4, -0.2) is 44.0 Å². The number of hydrogen-bond donors (Lipinski definition) is 1. The van der Waals surface area contributed by atoms with Gasteiger partial charge in [-0.2, -0.15) is 0 Å². The Bertz CT molecular complexity index is 1110. The lowest BCUT2D eigenvalue weighted by molar-refractivity contribution is -0.141. The third-order valence-electron chi connectivity index (χ3n) is 6.07. The molecule has 3 aromatic rings. The predicted octanol–water partition coefficient (Wildman–Crippen LogP) is 4.33. The van der Waals surface area contributed by atoms with Crippen LogP contribution in [0.1, 0.15) is 28.7 Å². The highest BCUT2D eigenvalue weighted by Crippen LogP contribution is 2.28. The van der Waals surface area contributed by atoms with Gasteiger partial charge in [0.1, 0.15) is 6.04 Å². The Morgan fingerprint density at radius 2 is 1.51 bits per heavy atom. The molecule has 0 heterocycles. The number of benzene rings is 3. The predicted molar refractivity (Wildman–Crippen MR) is 138 cm³/mol. The first kappa shape index (κ1) is 25.8. The highest BCUT2D eigenvalue weighted by molar-refractivity contribution is 5.88. The van der Waals surface area contributed by atoms with E-state index < -0.39 is 6.04 Å². The van der Waals surface area contributed by atoms with Crippen molar-refractivity contribution in [2.24, 2.45) is 0 Å². The number of likely N-dealkylation sites (N-methyl/N-ethyl adjacent to an activating group) is 1. The lowest BCUT2D eigenvalue weighted by atomic mass is 10.0. The van der Waals surface area contributed by atoms with E-state index in [-0.39, 0.29) is 18.2 Å². The molecule has 0 spiro atoms. The Kier molecular flexibility index (Phi) is 9.30. The number of aryl methyl sites for hydroxylation is 2. The Morgan fingerprint density at radius 1 is 0.857 bits per heavy atom. The fourth-order valence-corrected chi connectivity index (χ4v) is 4.04. The number of hydrogen-bond acceptors (Lipinski definition) is 4. The van der Waals surface area contributed by atoms with Crippen molar-refractivity contribution < 1.29 is 19.1 Å². The zero-order valence-electron chi connectivity index (χ0n) is 20.9. The van der Waals surface area contributed by atoms with Crippen LogP contribution in [0.15, 0.2) is 72.8 Å². The fraction of sp³-hybridized carbons (Fsp3) is 0.310. The molecule has 0 fully saturated rings. The molecular weight excluding hydrogens is 440 g/mol. The minimum absolute atomic E-state index is 0.0788. The summed E-state index contributed by atoms with van der Waals surface area (Å²) in [6.45, 7) is 2.38. The van der Waals surface area contributed by atoms with Crippen molar-refractivity contribution in [2.75, 3.05) is 21.3 Å². The highest BCUT2D eigenvalue weighted by atomic mass is 16.5. The molecule has 0 aliphatic heterocycles. The van der Waals surface area contributed by atoms with E-state index in [2.05, 4.69) is 5.32 Å². The van der Waals surface area contributed by atoms with Crippen molar-refractivity contribution >= 4 is 11.8 Å².